The fourth-order valence-electron chi connectivity index (χ4n) is 0.385. The molecule has 0 aromatic rings. The van der Waals surface area contributed by atoms with E-state index in [1.54, 1.807) is 0 Å². The molecule has 10 heavy (non-hydrogen) atoms. The molecule has 0 radical (unpaired) electrons. The maximum absolute atomic E-state index is 5.52. The van der Waals surface area contributed by atoms with E-state index in [4.69, 9.17) is 39.4 Å². The molecule has 0 spiro atoms. The average molecular weight is 183 g/mol. The van der Waals surface area contributed by atoms with Gasteiger partial charge in [0.1, 0.15) is 10.2 Å². The van der Waals surface area contributed by atoms with Crippen LogP contribution in [-0.2, 0) is 4.74 Å². The van der Waals surface area contributed by atoms with Gasteiger partial charge in [0.05, 0.1) is 7.11 Å². The van der Waals surface area contributed by atoms with Crippen LogP contribution in [0, 0.1) is 0 Å². The molecule has 0 aromatic carbocycles. The van der Waals surface area contributed by atoms with Gasteiger partial charge in [-0.25, -0.2) is 0 Å². The van der Waals surface area contributed by atoms with Crippen molar-refractivity contribution in [2.24, 2.45) is 11.5 Å². The molecule has 0 amide bonds. The highest BCUT2D eigenvalue weighted by Crippen LogP contribution is 2.17. The predicted octanol–water partition coefficient (Wildman–Crippen LogP) is 1.04. The number of allylic oxidation sites excluding steroid dienone is 1. The van der Waals surface area contributed by atoms with E-state index in [-0.39, 0.29) is 15.9 Å². The van der Waals surface area contributed by atoms with Gasteiger partial charge in [-0.1, -0.05) is 23.2 Å². The maximum atomic E-state index is 5.52. The first kappa shape index (κ1) is 9.46. The van der Waals surface area contributed by atoms with E-state index in [0.29, 0.717) is 0 Å². The molecule has 58 valence electrons. The minimum Gasteiger partial charge on any atom is -0.492 e. The number of methoxy groups -OCH3 is 1. The van der Waals surface area contributed by atoms with E-state index in [9.17, 15) is 0 Å². The molecule has 0 aromatic heterocycles. The van der Waals surface area contributed by atoms with Gasteiger partial charge in [-0.3, -0.25) is 0 Å². The Morgan fingerprint density at radius 1 is 1.50 bits per heavy atom. The number of nitrogens with two attached hydrogens (primary N) is 2. The molecule has 0 aliphatic carbocycles. The van der Waals surface area contributed by atoms with E-state index in [0.717, 1.165) is 6.20 Å². The molecule has 0 atom stereocenters. The van der Waals surface area contributed by atoms with Crippen LogP contribution in [0.5, 0.6) is 0 Å². The molecule has 3 nitrogen and oxygen atoms in total. The van der Waals surface area contributed by atoms with Gasteiger partial charge in [-0.15, -0.1) is 0 Å². The third-order valence-electron chi connectivity index (χ3n) is 0.784. The maximum Gasteiger partial charge on any atom is 0.173 e. The Labute approximate surface area is 69.2 Å². The van der Waals surface area contributed by atoms with Crippen molar-refractivity contribution >= 4 is 23.2 Å². The first-order chi connectivity index (χ1) is 4.63. The molecule has 4 N–H and O–H groups in total. The first-order valence-electron chi connectivity index (χ1n) is 2.40. The topological polar surface area (TPSA) is 61.3 Å². The molecule has 0 fully saturated rings. The van der Waals surface area contributed by atoms with Crippen LogP contribution in [-0.4, -0.2) is 7.11 Å². The van der Waals surface area contributed by atoms with Crippen LogP contribution >= 0.6 is 23.2 Å². The van der Waals surface area contributed by atoms with Crippen LogP contribution in [0.2, 0.25) is 0 Å². The van der Waals surface area contributed by atoms with Gasteiger partial charge >= 0.3 is 0 Å². The average Bonchev–Trinajstić information content (AvgIpc) is 1.88. The van der Waals surface area contributed by atoms with Crippen molar-refractivity contribution in [2.75, 3.05) is 7.11 Å². The molecule has 0 bridgehead atoms. The Morgan fingerprint density at radius 2 is 2.00 bits per heavy atom. The van der Waals surface area contributed by atoms with E-state index >= 15 is 0 Å². The molecule has 5 heteroatoms. The minimum atomic E-state index is -0.0193. The molecule has 0 heterocycles. The number of ether oxygens (including phenoxy) is 1. The second-order valence-electron chi connectivity index (χ2n) is 1.40. The van der Waals surface area contributed by atoms with Gasteiger partial charge in [0, 0.05) is 6.20 Å². The Hall–Kier alpha value is -0.540. The molecular formula is C5H8Cl2N2O. The van der Waals surface area contributed by atoms with Gasteiger partial charge < -0.3 is 16.2 Å². The molecule has 0 aliphatic heterocycles. The third kappa shape index (κ3) is 2.37. The Morgan fingerprint density at radius 3 is 2.10 bits per heavy atom. The summed E-state index contributed by atoms with van der Waals surface area (Å²) in [6.45, 7) is 0. The van der Waals surface area contributed by atoms with Crippen LogP contribution < -0.4 is 11.5 Å². The molecular weight excluding hydrogens is 175 g/mol. The molecule has 0 saturated carbocycles. The summed E-state index contributed by atoms with van der Waals surface area (Å²) >= 11 is 10.9. The van der Waals surface area contributed by atoms with Crippen molar-refractivity contribution in [3.8, 4) is 0 Å². The van der Waals surface area contributed by atoms with Crippen LogP contribution in [0.1, 0.15) is 0 Å². The summed E-state index contributed by atoms with van der Waals surface area (Å²) in [6.07, 6.45) is 1.15. The summed E-state index contributed by atoms with van der Waals surface area (Å²) in [5.41, 5.74) is 10.2. The zero-order valence-corrected chi connectivity index (χ0v) is 6.91. The fraction of sp³-hybridized carbons (Fsp3) is 0.200. The Balaban J connectivity index is 4.54. The lowest BCUT2D eigenvalue weighted by molar-refractivity contribution is 0.302. The number of hydrogen-bond acceptors (Lipinski definition) is 3. The monoisotopic (exact) mass is 182 g/mol. The molecule has 0 saturated heterocycles. The second-order valence-corrected chi connectivity index (χ2v) is 2.21. The number of hydrogen-bond donors (Lipinski definition) is 2. The van der Waals surface area contributed by atoms with E-state index < -0.39 is 0 Å². The van der Waals surface area contributed by atoms with Gasteiger partial charge in [0.25, 0.3) is 0 Å². The van der Waals surface area contributed by atoms with Gasteiger partial charge in [-0.2, -0.15) is 0 Å². The fourth-order valence-corrected chi connectivity index (χ4v) is 0.791. The zero-order chi connectivity index (χ0) is 8.15. The van der Waals surface area contributed by atoms with Crippen LogP contribution in [0.3, 0.4) is 0 Å². The van der Waals surface area contributed by atoms with Crippen molar-refractivity contribution in [3.05, 3.63) is 22.1 Å². The standard InChI is InChI=1S/C5H8Cl2N2O/c1-10-4(5(7)9)3(6)2-8/h2H,8-9H2,1H3/b3-2+,5-4+. The Kier molecular flexibility index (Phi) is 4.07. The summed E-state index contributed by atoms with van der Waals surface area (Å²) in [4.78, 5) is 0. The smallest absolute Gasteiger partial charge is 0.173 e. The normalized spacial score (nSPS) is 14.5. The summed E-state index contributed by atoms with van der Waals surface area (Å²) in [5.74, 6) is 0.186. The van der Waals surface area contributed by atoms with Crippen molar-refractivity contribution in [2.45, 2.75) is 0 Å². The van der Waals surface area contributed by atoms with E-state index in [1.165, 1.54) is 7.11 Å². The summed E-state index contributed by atoms with van der Waals surface area (Å²) in [6, 6.07) is 0. The summed E-state index contributed by atoms with van der Waals surface area (Å²) in [7, 11) is 1.40. The van der Waals surface area contributed by atoms with Gasteiger partial charge in [-0.05, 0) is 0 Å². The highest BCUT2D eigenvalue weighted by atomic mass is 35.5. The van der Waals surface area contributed by atoms with Crippen LogP contribution in [0.15, 0.2) is 22.1 Å². The largest absolute Gasteiger partial charge is 0.492 e. The molecule has 0 rings (SSSR count). The first-order valence-corrected chi connectivity index (χ1v) is 3.16. The molecule has 0 aliphatic rings. The minimum absolute atomic E-state index is 0.0193. The van der Waals surface area contributed by atoms with Crippen molar-refractivity contribution in [1.82, 2.24) is 0 Å². The van der Waals surface area contributed by atoms with Crippen molar-refractivity contribution in [3.63, 3.8) is 0 Å². The lowest BCUT2D eigenvalue weighted by Crippen LogP contribution is -1.99. The lowest BCUT2D eigenvalue weighted by atomic mass is 10.5. The quantitative estimate of drug-likeness (QED) is 0.382. The number of halogens is 2. The third-order valence-corrected chi connectivity index (χ3v) is 1.25. The summed E-state index contributed by atoms with van der Waals surface area (Å²) in [5, 5.41) is 0.171. The predicted molar refractivity (Wildman–Crippen MR) is 42.2 cm³/mol. The highest BCUT2D eigenvalue weighted by molar-refractivity contribution is 6.34. The van der Waals surface area contributed by atoms with Gasteiger partial charge in [0.15, 0.2) is 5.76 Å². The van der Waals surface area contributed by atoms with Gasteiger partial charge in [0.2, 0.25) is 0 Å². The highest BCUT2D eigenvalue weighted by Gasteiger charge is 2.04. The van der Waals surface area contributed by atoms with Crippen molar-refractivity contribution < 1.29 is 4.74 Å². The van der Waals surface area contributed by atoms with Crippen LogP contribution in [0.4, 0.5) is 0 Å². The molecule has 0 unspecified atom stereocenters. The van der Waals surface area contributed by atoms with Crippen LogP contribution in [0.25, 0.3) is 0 Å². The summed E-state index contributed by atoms with van der Waals surface area (Å²) < 4.78 is 4.71. The zero-order valence-electron chi connectivity index (χ0n) is 5.40. The van der Waals surface area contributed by atoms with E-state index in [1.807, 2.05) is 0 Å². The SMILES string of the molecule is COC(=C(/N)Cl)/C(Cl)=C\N. The second kappa shape index (κ2) is 4.30. The lowest BCUT2D eigenvalue weighted by Gasteiger charge is -2.03. The Bertz CT molecular complexity index is 166. The van der Waals surface area contributed by atoms with Crippen molar-refractivity contribution in [1.29, 1.82) is 0 Å². The number of rotatable bonds is 2. The van der Waals surface area contributed by atoms with E-state index in [2.05, 4.69) is 0 Å².